The number of nitrogens with zero attached hydrogens (tertiary/aromatic N) is 1. The number of hydrogen-bond acceptors (Lipinski definition) is 2. The van der Waals surface area contributed by atoms with Crippen LogP contribution in [0.3, 0.4) is 0 Å². The molecule has 0 radical (unpaired) electrons. The number of halogens is 3. The van der Waals surface area contributed by atoms with Gasteiger partial charge in [0.25, 0.3) is 0 Å². The van der Waals surface area contributed by atoms with Gasteiger partial charge in [0, 0.05) is 19.0 Å². The van der Waals surface area contributed by atoms with Crippen LogP contribution in [0.2, 0.25) is 0 Å². The average Bonchev–Trinajstić information content (AvgIpc) is 2.23. The van der Waals surface area contributed by atoms with Crippen molar-refractivity contribution >= 4 is 5.91 Å². The maximum Gasteiger partial charge on any atom is 0.410 e. The van der Waals surface area contributed by atoms with Gasteiger partial charge in [-0.1, -0.05) is 0 Å². The first-order valence-electron chi connectivity index (χ1n) is 3.99. The number of amides is 1. The Morgan fingerprint density at radius 3 is 2.46 bits per heavy atom. The highest BCUT2D eigenvalue weighted by Gasteiger charge is 2.52. The summed E-state index contributed by atoms with van der Waals surface area (Å²) in [6.07, 6.45) is -4.63. The van der Waals surface area contributed by atoms with Gasteiger partial charge >= 0.3 is 6.18 Å². The monoisotopic (exact) mass is 196 g/mol. The second kappa shape index (κ2) is 3.17. The van der Waals surface area contributed by atoms with Crippen molar-refractivity contribution in [3.05, 3.63) is 0 Å². The van der Waals surface area contributed by atoms with Gasteiger partial charge < -0.3 is 10.6 Å². The molecule has 3 nitrogen and oxygen atoms in total. The molecule has 1 amide bonds. The molecule has 1 aliphatic rings. The van der Waals surface area contributed by atoms with E-state index in [-0.39, 0.29) is 13.0 Å². The summed E-state index contributed by atoms with van der Waals surface area (Å²) >= 11 is 0. The number of likely N-dealkylation sites (tertiary alicyclic amines) is 1. The maximum atomic E-state index is 12.3. The van der Waals surface area contributed by atoms with Crippen molar-refractivity contribution in [1.82, 2.24) is 4.90 Å². The fourth-order valence-electron chi connectivity index (χ4n) is 1.61. The number of carbonyl (C=O) groups is 1. The first kappa shape index (κ1) is 10.3. The highest BCUT2D eigenvalue weighted by Crippen LogP contribution is 2.32. The Morgan fingerprint density at radius 1 is 1.62 bits per heavy atom. The number of alkyl halides is 3. The van der Waals surface area contributed by atoms with Crippen molar-refractivity contribution in [2.75, 3.05) is 6.54 Å². The zero-order valence-corrected chi connectivity index (χ0v) is 7.14. The molecule has 0 spiro atoms. The van der Waals surface area contributed by atoms with Gasteiger partial charge in [0.1, 0.15) is 6.04 Å². The smallest absolute Gasteiger partial charge is 0.329 e. The summed E-state index contributed by atoms with van der Waals surface area (Å²) in [5.74, 6) is -0.516. The molecule has 1 rings (SSSR count). The van der Waals surface area contributed by atoms with Crippen LogP contribution in [0.15, 0.2) is 0 Å². The third-order valence-electron chi connectivity index (χ3n) is 2.15. The van der Waals surface area contributed by atoms with Gasteiger partial charge in [0.2, 0.25) is 5.91 Å². The van der Waals surface area contributed by atoms with Gasteiger partial charge in [-0.25, -0.2) is 0 Å². The van der Waals surface area contributed by atoms with E-state index in [0.29, 0.717) is 0 Å². The second-order valence-electron chi connectivity index (χ2n) is 3.03. The predicted octanol–water partition coefficient (Wildman–Crippen LogP) is 0.497. The summed E-state index contributed by atoms with van der Waals surface area (Å²) in [6.45, 7) is 1.56. The van der Waals surface area contributed by atoms with Crippen LogP contribution in [0.4, 0.5) is 13.2 Å². The van der Waals surface area contributed by atoms with Gasteiger partial charge in [-0.2, -0.15) is 13.2 Å². The molecule has 0 bridgehead atoms. The van der Waals surface area contributed by atoms with E-state index < -0.39 is 24.2 Å². The minimum Gasteiger partial charge on any atom is -0.329 e. The molecule has 1 heterocycles. The highest BCUT2D eigenvalue weighted by molar-refractivity contribution is 5.80. The highest BCUT2D eigenvalue weighted by atomic mass is 19.4. The normalized spacial score (nSPS) is 29.9. The molecule has 0 aromatic carbocycles. The molecule has 6 heteroatoms. The summed E-state index contributed by atoms with van der Waals surface area (Å²) in [6, 6.07) is -2.92. The molecule has 0 aliphatic carbocycles. The predicted molar refractivity (Wildman–Crippen MR) is 39.8 cm³/mol. The molecule has 0 aromatic rings. The zero-order valence-electron chi connectivity index (χ0n) is 7.14. The molecular weight excluding hydrogens is 185 g/mol. The van der Waals surface area contributed by atoms with Crippen molar-refractivity contribution in [1.29, 1.82) is 0 Å². The Kier molecular flexibility index (Phi) is 2.51. The second-order valence-corrected chi connectivity index (χ2v) is 3.03. The van der Waals surface area contributed by atoms with Gasteiger partial charge in [0.05, 0.1) is 0 Å². The van der Waals surface area contributed by atoms with E-state index in [1.165, 1.54) is 6.92 Å². The molecular formula is C7H11F3N2O. The van der Waals surface area contributed by atoms with Crippen LogP contribution in [0.25, 0.3) is 0 Å². The lowest BCUT2D eigenvalue weighted by Crippen LogP contribution is -2.50. The van der Waals surface area contributed by atoms with Crippen molar-refractivity contribution < 1.29 is 18.0 Å². The summed E-state index contributed by atoms with van der Waals surface area (Å²) in [5, 5.41) is 0. The first-order valence-corrected chi connectivity index (χ1v) is 3.99. The molecule has 13 heavy (non-hydrogen) atoms. The van der Waals surface area contributed by atoms with Crippen LogP contribution in [-0.2, 0) is 4.79 Å². The van der Waals surface area contributed by atoms with Crippen LogP contribution in [0, 0.1) is 0 Å². The van der Waals surface area contributed by atoms with Crippen LogP contribution in [0.1, 0.15) is 13.3 Å². The molecule has 0 aromatic heterocycles. The van der Waals surface area contributed by atoms with E-state index in [2.05, 4.69) is 0 Å². The lowest BCUT2D eigenvalue weighted by Gasteiger charge is -2.27. The van der Waals surface area contributed by atoms with Gasteiger partial charge in [-0.15, -0.1) is 0 Å². The molecule has 76 valence electrons. The third kappa shape index (κ3) is 1.77. The molecule has 2 atom stereocenters. The molecule has 2 N–H and O–H groups in total. The molecule has 0 saturated carbocycles. The van der Waals surface area contributed by atoms with Crippen molar-refractivity contribution in [2.45, 2.75) is 31.6 Å². The fraction of sp³-hybridized carbons (Fsp3) is 0.857. The van der Waals surface area contributed by atoms with E-state index in [9.17, 15) is 18.0 Å². The minimum atomic E-state index is -4.42. The van der Waals surface area contributed by atoms with Crippen LogP contribution >= 0.6 is 0 Å². The molecule has 2 unspecified atom stereocenters. The van der Waals surface area contributed by atoms with Crippen molar-refractivity contribution in [3.63, 3.8) is 0 Å². The Morgan fingerprint density at radius 2 is 2.15 bits per heavy atom. The number of hydrogen-bond donors (Lipinski definition) is 1. The Bertz CT molecular complexity index is 216. The van der Waals surface area contributed by atoms with Crippen molar-refractivity contribution in [3.8, 4) is 0 Å². The summed E-state index contributed by atoms with van der Waals surface area (Å²) in [4.78, 5) is 11.8. The largest absolute Gasteiger partial charge is 0.410 e. The minimum absolute atomic E-state index is 0.0523. The van der Waals surface area contributed by atoms with Crippen LogP contribution < -0.4 is 5.73 Å². The topological polar surface area (TPSA) is 46.3 Å². The number of rotatable bonds is 1. The summed E-state index contributed by atoms with van der Waals surface area (Å²) in [5.41, 5.74) is 5.24. The molecule has 1 fully saturated rings. The van der Waals surface area contributed by atoms with E-state index in [1.54, 1.807) is 0 Å². The quantitative estimate of drug-likeness (QED) is 0.663. The third-order valence-corrected chi connectivity index (χ3v) is 2.15. The molecule has 1 saturated heterocycles. The van der Waals surface area contributed by atoms with Crippen LogP contribution in [0.5, 0.6) is 0 Å². The zero-order chi connectivity index (χ0) is 10.2. The lowest BCUT2D eigenvalue weighted by molar-refractivity contribution is -0.182. The van der Waals surface area contributed by atoms with Crippen LogP contribution in [-0.4, -0.2) is 35.6 Å². The number of nitrogens with two attached hydrogens (primary N) is 1. The standard InChI is InChI=1S/C7H11F3N2O/c1-2-12-5(13)3-4(11)6(12)7(8,9)10/h4,6H,2-3,11H2,1H3. The SMILES string of the molecule is CCN1C(=O)CC(N)C1C(F)(F)F. The fourth-order valence-corrected chi connectivity index (χ4v) is 1.61. The Hall–Kier alpha value is -0.780. The lowest BCUT2D eigenvalue weighted by atomic mass is 10.1. The summed E-state index contributed by atoms with van der Waals surface area (Å²) < 4.78 is 37.0. The van der Waals surface area contributed by atoms with Crippen molar-refractivity contribution in [2.24, 2.45) is 5.73 Å². The average molecular weight is 196 g/mol. The van der Waals surface area contributed by atoms with Gasteiger partial charge in [-0.05, 0) is 6.92 Å². The van der Waals surface area contributed by atoms with E-state index in [0.717, 1.165) is 4.90 Å². The Balaban J connectivity index is 2.87. The maximum absolute atomic E-state index is 12.3. The number of likely N-dealkylation sites (N-methyl/N-ethyl adjacent to an activating group) is 1. The summed E-state index contributed by atoms with van der Waals surface area (Å²) in [7, 11) is 0. The van der Waals surface area contributed by atoms with E-state index in [4.69, 9.17) is 5.73 Å². The molecule has 1 aliphatic heterocycles. The number of carbonyl (C=O) groups excluding carboxylic acids is 1. The van der Waals surface area contributed by atoms with Gasteiger partial charge in [-0.3, -0.25) is 4.79 Å². The first-order chi connectivity index (χ1) is 5.88. The Labute approximate surface area is 73.7 Å². The van der Waals surface area contributed by atoms with Gasteiger partial charge in [0.15, 0.2) is 0 Å². The van der Waals surface area contributed by atoms with E-state index >= 15 is 0 Å². The van der Waals surface area contributed by atoms with E-state index in [1.807, 2.05) is 0 Å².